The highest BCUT2D eigenvalue weighted by Crippen LogP contribution is 2.25. The van der Waals surface area contributed by atoms with E-state index in [4.69, 9.17) is 5.73 Å². The Labute approximate surface area is 130 Å². The first-order chi connectivity index (χ1) is 10.2. The number of hydrogen-bond acceptors (Lipinski definition) is 3. The zero-order chi connectivity index (χ0) is 15.1. The summed E-state index contributed by atoms with van der Waals surface area (Å²) >= 11 is 0. The lowest BCUT2D eigenvalue weighted by Gasteiger charge is -2.40. The molecule has 1 aliphatic heterocycles. The molecule has 21 heavy (non-hydrogen) atoms. The van der Waals surface area contributed by atoms with Crippen LogP contribution in [0.4, 0.5) is 0 Å². The van der Waals surface area contributed by atoms with Gasteiger partial charge in [-0.3, -0.25) is 4.90 Å². The molecule has 0 bridgehead atoms. The van der Waals surface area contributed by atoms with Crippen LogP contribution in [0.1, 0.15) is 37.8 Å². The quantitative estimate of drug-likeness (QED) is 0.838. The summed E-state index contributed by atoms with van der Waals surface area (Å²) in [4.78, 5) is 5.12. The molecule has 0 radical (unpaired) electrons. The zero-order valence-electron chi connectivity index (χ0n) is 13.7. The first kappa shape index (κ1) is 16.5. The number of hydrogen-bond donors (Lipinski definition) is 1. The molecule has 2 rings (SSSR count). The summed E-state index contributed by atoms with van der Waals surface area (Å²) < 4.78 is 0. The van der Waals surface area contributed by atoms with Gasteiger partial charge in [0.2, 0.25) is 0 Å². The maximum atomic E-state index is 5.64. The van der Waals surface area contributed by atoms with Crippen molar-refractivity contribution in [3.63, 3.8) is 0 Å². The minimum atomic E-state index is 0.551. The normalized spacial score (nSPS) is 22.3. The molecule has 3 nitrogen and oxygen atoms in total. The van der Waals surface area contributed by atoms with Gasteiger partial charge in [-0.05, 0) is 50.9 Å². The van der Waals surface area contributed by atoms with Gasteiger partial charge in [-0.1, -0.05) is 37.3 Å². The molecule has 3 heteroatoms. The van der Waals surface area contributed by atoms with Crippen LogP contribution in [0.3, 0.4) is 0 Å². The first-order valence-electron chi connectivity index (χ1n) is 8.38. The Balaban J connectivity index is 1.90. The van der Waals surface area contributed by atoms with Crippen molar-refractivity contribution in [2.75, 3.05) is 39.8 Å². The van der Waals surface area contributed by atoms with E-state index in [0.717, 1.165) is 25.4 Å². The zero-order valence-corrected chi connectivity index (χ0v) is 13.7. The number of nitrogens with two attached hydrogens (primary N) is 1. The molecule has 1 saturated heterocycles. The van der Waals surface area contributed by atoms with Gasteiger partial charge in [-0.2, -0.15) is 0 Å². The fourth-order valence-corrected chi connectivity index (χ4v) is 3.29. The topological polar surface area (TPSA) is 32.5 Å². The molecule has 118 valence electrons. The molecule has 2 unspecified atom stereocenters. The third kappa shape index (κ3) is 5.10. The lowest BCUT2D eigenvalue weighted by molar-refractivity contribution is 0.0871. The summed E-state index contributed by atoms with van der Waals surface area (Å²) in [5.41, 5.74) is 7.10. The second kappa shape index (κ2) is 8.52. The van der Waals surface area contributed by atoms with Gasteiger partial charge in [0.15, 0.2) is 0 Å². The van der Waals surface area contributed by atoms with Crippen LogP contribution in [-0.4, -0.2) is 49.6 Å². The Morgan fingerprint density at radius 3 is 2.67 bits per heavy atom. The summed E-state index contributed by atoms with van der Waals surface area (Å²) in [5.74, 6) is 0.762. The molecule has 1 fully saturated rings. The standard InChI is InChI=1S/C18H31N3/c1-16(10-11-19)7-6-12-21-14-13-20(2)15-18(21)17-8-4-3-5-9-17/h3-5,8-9,16,18H,6-7,10-15,19H2,1-2H3. The van der Waals surface area contributed by atoms with Gasteiger partial charge >= 0.3 is 0 Å². The van der Waals surface area contributed by atoms with Crippen molar-refractivity contribution in [3.8, 4) is 0 Å². The van der Waals surface area contributed by atoms with Crippen LogP contribution in [0.15, 0.2) is 30.3 Å². The molecule has 2 atom stereocenters. The van der Waals surface area contributed by atoms with Crippen LogP contribution in [0.2, 0.25) is 0 Å². The Morgan fingerprint density at radius 1 is 1.19 bits per heavy atom. The van der Waals surface area contributed by atoms with Crippen molar-refractivity contribution < 1.29 is 0 Å². The third-order valence-electron chi connectivity index (χ3n) is 4.68. The van der Waals surface area contributed by atoms with Crippen LogP contribution in [0.5, 0.6) is 0 Å². The van der Waals surface area contributed by atoms with Crippen molar-refractivity contribution in [1.82, 2.24) is 9.80 Å². The highest BCUT2D eigenvalue weighted by Gasteiger charge is 2.25. The fourth-order valence-electron chi connectivity index (χ4n) is 3.29. The summed E-state index contributed by atoms with van der Waals surface area (Å²) in [7, 11) is 2.23. The number of piperazine rings is 1. The van der Waals surface area contributed by atoms with E-state index >= 15 is 0 Å². The van der Waals surface area contributed by atoms with E-state index in [1.807, 2.05) is 0 Å². The van der Waals surface area contributed by atoms with E-state index in [1.54, 1.807) is 0 Å². The van der Waals surface area contributed by atoms with Crippen LogP contribution in [-0.2, 0) is 0 Å². The highest BCUT2D eigenvalue weighted by atomic mass is 15.3. The maximum Gasteiger partial charge on any atom is 0.0475 e. The molecule has 1 aromatic rings. The van der Waals surface area contributed by atoms with Gasteiger partial charge in [-0.15, -0.1) is 0 Å². The average molecular weight is 289 g/mol. The molecular weight excluding hydrogens is 258 g/mol. The second-order valence-corrected chi connectivity index (χ2v) is 6.55. The maximum absolute atomic E-state index is 5.64. The molecule has 0 aliphatic carbocycles. The Bertz CT molecular complexity index is 393. The molecule has 0 amide bonds. The Hall–Kier alpha value is -0.900. The summed E-state index contributed by atoms with van der Waals surface area (Å²) in [6.45, 7) is 7.86. The van der Waals surface area contributed by atoms with E-state index in [2.05, 4.69) is 54.1 Å². The van der Waals surface area contributed by atoms with Crippen molar-refractivity contribution in [2.45, 2.75) is 32.2 Å². The monoisotopic (exact) mass is 289 g/mol. The van der Waals surface area contributed by atoms with Crippen LogP contribution in [0.25, 0.3) is 0 Å². The second-order valence-electron chi connectivity index (χ2n) is 6.55. The number of rotatable bonds is 7. The third-order valence-corrected chi connectivity index (χ3v) is 4.68. The first-order valence-corrected chi connectivity index (χ1v) is 8.38. The molecular formula is C18H31N3. The van der Waals surface area contributed by atoms with Gasteiger partial charge in [0.25, 0.3) is 0 Å². The molecule has 0 saturated carbocycles. The van der Waals surface area contributed by atoms with Crippen LogP contribution >= 0.6 is 0 Å². The van der Waals surface area contributed by atoms with Gasteiger partial charge < -0.3 is 10.6 Å². The van der Waals surface area contributed by atoms with Gasteiger partial charge in [0, 0.05) is 25.7 Å². The minimum Gasteiger partial charge on any atom is -0.330 e. The minimum absolute atomic E-state index is 0.551. The molecule has 1 aliphatic rings. The predicted molar refractivity (Wildman–Crippen MR) is 90.3 cm³/mol. The van der Waals surface area contributed by atoms with Crippen molar-refractivity contribution in [3.05, 3.63) is 35.9 Å². The Morgan fingerprint density at radius 2 is 1.95 bits per heavy atom. The van der Waals surface area contributed by atoms with Gasteiger partial charge in [0.1, 0.15) is 0 Å². The molecule has 1 heterocycles. The van der Waals surface area contributed by atoms with E-state index in [9.17, 15) is 0 Å². The van der Waals surface area contributed by atoms with E-state index < -0.39 is 0 Å². The predicted octanol–water partition coefficient (Wildman–Crippen LogP) is 2.74. The number of benzene rings is 1. The average Bonchev–Trinajstić information content (AvgIpc) is 2.50. The van der Waals surface area contributed by atoms with Crippen molar-refractivity contribution in [1.29, 1.82) is 0 Å². The smallest absolute Gasteiger partial charge is 0.0475 e. The number of nitrogens with zero attached hydrogens (tertiary/aromatic N) is 2. The summed E-state index contributed by atoms with van der Waals surface area (Å²) in [6, 6.07) is 11.5. The highest BCUT2D eigenvalue weighted by molar-refractivity contribution is 5.20. The largest absolute Gasteiger partial charge is 0.330 e. The van der Waals surface area contributed by atoms with Gasteiger partial charge in [-0.25, -0.2) is 0 Å². The van der Waals surface area contributed by atoms with Crippen LogP contribution in [0, 0.1) is 5.92 Å². The molecule has 1 aromatic carbocycles. The van der Waals surface area contributed by atoms with E-state index in [1.165, 1.54) is 38.0 Å². The van der Waals surface area contributed by atoms with E-state index in [-0.39, 0.29) is 0 Å². The molecule has 0 aromatic heterocycles. The lowest BCUT2D eigenvalue weighted by atomic mass is 9.99. The molecule has 2 N–H and O–H groups in total. The van der Waals surface area contributed by atoms with E-state index in [0.29, 0.717) is 6.04 Å². The van der Waals surface area contributed by atoms with Gasteiger partial charge in [0.05, 0.1) is 0 Å². The van der Waals surface area contributed by atoms with Crippen molar-refractivity contribution >= 4 is 0 Å². The fraction of sp³-hybridized carbons (Fsp3) is 0.667. The van der Waals surface area contributed by atoms with Crippen molar-refractivity contribution in [2.24, 2.45) is 11.7 Å². The lowest BCUT2D eigenvalue weighted by Crippen LogP contribution is -2.47. The molecule has 0 spiro atoms. The number of likely N-dealkylation sites (N-methyl/N-ethyl adjacent to an activating group) is 1. The summed E-state index contributed by atoms with van der Waals surface area (Å²) in [5, 5.41) is 0. The van der Waals surface area contributed by atoms with Crippen LogP contribution < -0.4 is 5.73 Å². The SMILES string of the molecule is CC(CCN)CCCN1CCN(C)CC1c1ccccc1. The summed E-state index contributed by atoms with van der Waals surface area (Å²) in [6.07, 6.45) is 3.74. The Kier molecular flexibility index (Phi) is 6.68.